The molecule has 0 radical (unpaired) electrons. The lowest BCUT2D eigenvalue weighted by Gasteiger charge is -2.07. The fraction of sp³-hybridized carbons (Fsp3) is 0.294. The molecule has 1 aromatic carbocycles. The Kier molecular flexibility index (Phi) is 4.32. The second-order valence-electron chi connectivity index (χ2n) is 5.76. The van der Waals surface area contributed by atoms with Gasteiger partial charge in [-0.3, -0.25) is 9.36 Å². The molecule has 0 fully saturated rings. The number of benzene rings is 1. The van der Waals surface area contributed by atoms with E-state index in [2.05, 4.69) is 18.8 Å². The van der Waals surface area contributed by atoms with Gasteiger partial charge in [0.1, 0.15) is 4.70 Å². The van der Waals surface area contributed by atoms with E-state index in [0.717, 1.165) is 23.1 Å². The second-order valence-corrected chi connectivity index (χ2v) is 7.08. The molecule has 22 heavy (non-hydrogen) atoms. The normalized spacial score (nSPS) is 11.5. The maximum Gasteiger partial charge on any atom is 0.271 e. The van der Waals surface area contributed by atoms with E-state index in [0.29, 0.717) is 22.2 Å². The molecule has 0 spiro atoms. The molecule has 0 aliphatic rings. The molecule has 114 valence electrons. The van der Waals surface area contributed by atoms with Crippen LogP contribution in [0.15, 0.2) is 40.8 Å². The highest BCUT2D eigenvalue weighted by molar-refractivity contribution is 7.17. The first-order valence-electron chi connectivity index (χ1n) is 7.29. The van der Waals surface area contributed by atoms with E-state index in [-0.39, 0.29) is 5.56 Å². The third-order valence-corrected chi connectivity index (χ3v) is 4.82. The SMILES string of the molecule is CC(C)CCn1cnc2c(-c3cccc(Cl)c3)csc2c1=O. The van der Waals surface area contributed by atoms with Crippen LogP contribution in [0.2, 0.25) is 5.02 Å². The van der Waals surface area contributed by atoms with Crippen molar-refractivity contribution in [1.29, 1.82) is 0 Å². The summed E-state index contributed by atoms with van der Waals surface area (Å²) in [5.41, 5.74) is 2.77. The quantitative estimate of drug-likeness (QED) is 0.686. The first kappa shape index (κ1) is 15.3. The molecule has 2 heterocycles. The number of halogens is 1. The molecule has 0 saturated heterocycles. The molecule has 0 aliphatic carbocycles. The molecule has 2 aromatic heterocycles. The van der Waals surface area contributed by atoms with Crippen LogP contribution in [0.1, 0.15) is 20.3 Å². The Labute approximate surface area is 138 Å². The Morgan fingerprint density at radius 2 is 2.18 bits per heavy atom. The lowest BCUT2D eigenvalue weighted by molar-refractivity contribution is 0.506. The van der Waals surface area contributed by atoms with Crippen molar-refractivity contribution < 1.29 is 0 Å². The predicted octanol–water partition coefficient (Wildman–Crippen LogP) is 4.82. The number of aryl methyl sites for hydroxylation is 1. The van der Waals surface area contributed by atoms with Crippen molar-refractivity contribution in [2.45, 2.75) is 26.8 Å². The smallest absolute Gasteiger partial charge is 0.271 e. The fourth-order valence-electron chi connectivity index (χ4n) is 2.36. The molecular weight excluding hydrogens is 316 g/mol. The molecule has 0 N–H and O–H groups in total. The van der Waals surface area contributed by atoms with Crippen LogP contribution in [0.3, 0.4) is 0 Å². The largest absolute Gasteiger partial charge is 0.298 e. The van der Waals surface area contributed by atoms with Crippen LogP contribution >= 0.6 is 22.9 Å². The van der Waals surface area contributed by atoms with Gasteiger partial charge < -0.3 is 0 Å². The van der Waals surface area contributed by atoms with E-state index in [4.69, 9.17) is 11.6 Å². The maximum absolute atomic E-state index is 12.6. The van der Waals surface area contributed by atoms with Crippen LogP contribution in [-0.2, 0) is 6.54 Å². The number of rotatable bonds is 4. The second kappa shape index (κ2) is 6.23. The summed E-state index contributed by atoms with van der Waals surface area (Å²) >= 11 is 7.51. The summed E-state index contributed by atoms with van der Waals surface area (Å²) in [4.78, 5) is 17.1. The van der Waals surface area contributed by atoms with Crippen LogP contribution in [0.25, 0.3) is 21.3 Å². The van der Waals surface area contributed by atoms with Crippen LogP contribution in [-0.4, -0.2) is 9.55 Å². The van der Waals surface area contributed by atoms with E-state index < -0.39 is 0 Å². The Bertz CT molecular complexity index is 866. The summed E-state index contributed by atoms with van der Waals surface area (Å²) in [5, 5.41) is 2.67. The number of thiophene rings is 1. The summed E-state index contributed by atoms with van der Waals surface area (Å²) in [6.45, 7) is 5.02. The predicted molar refractivity (Wildman–Crippen MR) is 93.8 cm³/mol. The molecule has 0 amide bonds. The molecule has 3 nitrogen and oxygen atoms in total. The summed E-state index contributed by atoms with van der Waals surface area (Å²) in [6.07, 6.45) is 2.63. The topological polar surface area (TPSA) is 34.9 Å². The van der Waals surface area contributed by atoms with Gasteiger partial charge in [0.2, 0.25) is 0 Å². The maximum atomic E-state index is 12.6. The van der Waals surface area contributed by atoms with Crippen molar-refractivity contribution in [3.05, 3.63) is 51.3 Å². The molecule has 5 heteroatoms. The van der Waals surface area contributed by atoms with Gasteiger partial charge >= 0.3 is 0 Å². The van der Waals surface area contributed by atoms with E-state index >= 15 is 0 Å². The number of hydrogen-bond acceptors (Lipinski definition) is 3. The van der Waals surface area contributed by atoms with Gasteiger partial charge in [0.15, 0.2) is 0 Å². The average Bonchev–Trinajstić information content (AvgIpc) is 2.91. The molecular formula is C17H17ClN2OS. The minimum atomic E-state index is 0.0453. The Morgan fingerprint density at radius 3 is 2.91 bits per heavy atom. The third kappa shape index (κ3) is 2.94. The molecule has 0 unspecified atom stereocenters. The zero-order valence-corrected chi connectivity index (χ0v) is 14.1. The highest BCUT2D eigenvalue weighted by atomic mass is 35.5. The lowest BCUT2D eigenvalue weighted by Crippen LogP contribution is -2.20. The minimum absolute atomic E-state index is 0.0453. The summed E-state index contributed by atoms with van der Waals surface area (Å²) in [6, 6.07) is 7.63. The van der Waals surface area contributed by atoms with E-state index in [1.807, 2.05) is 29.6 Å². The van der Waals surface area contributed by atoms with Gasteiger partial charge in [-0.2, -0.15) is 0 Å². The van der Waals surface area contributed by atoms with Gasteiger partial charge in [0.25, 0.3) is 5.56 Å². The van der Waals surface area contributed by atoms with Gasteiger partial charge in [-0.05, 0) is 30.0 Å². The van der Waals surface area contributed by atoms with Crippen LogP contribution in [0.5, 0.6) is 0 Å². The van der Waals surface area contributed by atoms with Gasteiger partial charge in [-0.25, -0.2) is 4.98 Å². The highest BCUT2D eigenvalue weighted by Gasteiger charge is 2.12. The van der Waals surface area contributed by atoms with E-state index in [9.17, 15) is 4.79 Å². The molecule has 3 aromatic rings. The van der Waals surface area contributed by atoms with Crippen LogP contribution in [0.4, 0.5) is 0 Å². The zero-order valence-electron chi connectivity index (χ0n) is 12.5. The lowest BCUT2D eigenvalue weighted by atomic mass is 10.1. The fourth-order valence-corrected chi connectivity index (χ4v) is 3.53. The van der Waals surface area contributed by atoms with Crippen molar-refractivity contribution in [1.82, 2.24) is 9.55 Å². The molecule has 0 saturated carbocycles. The van der Waals surface area contributed by atoms with Gasteiger partial charge in [0, 0.05) is 22.5 Å². The van der Waals surface area contributed by atoms with Crippen molar-refractivity contribution in [2.75, 3.05) is 0 Å². The Hall–Kier alpha value is -1.65. The average molecular weight is 333 g/mol. The van der Waals surface area contributed by atoms with Crippen molar-refractivity contribution >= 4 is 33.2 Å². The summed E-state index contributed by atoms with van der Waals surface area (Å²) < 4.78 is 2.42. The molecule has 0 bridgehead atoms. The minimum Gasteiger partial charge on any atom is -0.298 e. The highest BCUT2D eigenvalue weighted by Crippen LogP contribution is 2.31. The standard InChI is InChI=1S/C17H17ClN2OS/c1-11(2)6-7-20-10-19-15-14(9-22-16(15)17(20)21)12-4-3-5-13(18)8-12/h3-5,8-11H,6-7H2,1-2H3. The monoisotopic (exact) mass is 332 g/mol. The van der Waals surface area contributed by atoms with Crippen molar-refractivity contribution in [3.63, 3.8) is 0 Å². The Morgan fingerprint density at radius 1 is 1.36 bits per heavy atom. The van der Waals surface area contributed by atoms with Crippen molar-refractivity contribution in [3.8, 4) is 11.1 Å². The van der Waals surface area contributed by atoms with Gasteiger partial charge in [0.05, 0.1) is 11.8 Å². The number of nitrogens with zero attached hydrogens (tertiary/aromatic N) is 2. The van der Waals surface area contributed by atoms with Gasteiger partial charge in [-0.15, -0.1) is 11.3 Å². The summed E-state index contributed by atoms with van der Waals surface area (Å²) in [5.74, 6) is 0.563. The van der Waals surface area contributed by atoms with Crippen LogP contribution < -0.4 is 5.56 Å². The molecule has 0 atom stereocenters. The number of aromatic nitrogens is 2. The molecule has 0 aliphatic heterocycles. The number of hydrogen-bond donors (Lipinski definition) is 0. The zero-order chi connectivity index (χ0) is 15.7. The first-order valence-corrected chi connectivity index (χ1v) is 8.54. The summed E-state index contributed by atoms with van der Waals surface area (Å²) in [7, 11) is 0. The van der Waals surface area contributed by atoms with Crippen LogP contribution in [0, 0.1) is 5.92 Å². The Balaban J connectivity index is 2.06. The first-order chi connectivity index (χ1) is 10.6. The van der Waals surface area contributed by atoms with E-state index in [1.165, 1.54) is 11.3 Å². The van der Waals surface area contributed by atoms with E-state index in [1.54, 1.807) is 10.9 Å². The van der Waals surface area contributed by atoms with Crippen molar-refractivity contribution in [2.24, 2.45) is 5.92 Å². The van der Waals surface area contributed by atoms with Gasteiger partial charge in [-0.1, -0.05) is 37.6 Å². The third-order valence-electron chi connectivity index (χ3n) is 3.63. The number of fused-ring (bicyclic) bond motifs is 1. The molecule has 3 rings (SSSR count).